The van der Waals surface area contributed by atoms with Crippen LogP contribution >= 0.6 is 0 Å². The minimum absolute atomic E-state index is 1.01. The van der Waals surface area contributed by atoms with E-state index in [1.807, 2.05) is 0 Å². The van der Waals surface area contributed by atoms with Gasteiger partial charge >= 0.3 is 0 Å². The van der Waals surface area contributed by atoms with E-state index in [0.29, 0.717) is 0 Å². The van der Waals surface area contributed by atoms with Crippen LogP contribution < -0.4 is 4.74 Å². The van der Waals surface area contributed by atoms with Crippen molar-refractivity contribution in [3.63, 3.8) is 0 Å². The zero-order valence-corrected chi connectivity index (χ0v) is 7.56. The minimum Gasteiger partial charge on any atom is -0.496 e. The van der Waals surface area contributed by atoms with Crippen LogP contribution in [-0.2, 0) is 0 Å². The predicted molar refractivity (Wildman–Crippen MR) is 47.2 cm³/mol. The summed E-state index contributed by atoms with van der Waals surface area (Å²) >= 11 is 0. The molecule has 0 aliphatic heterocycles. The molecular weight excluding hydrogens is 136 g/mol. The maximum atomic E-state index is 5.23. The summed E-state index contributed by atoms with van der Waals surface area (Å²) in [4.78, 5) is 0. The van der Waals surface area contributed by atoms with Crippen LogP contribution in [0.4, 0.5) is 0 Å². The lowest BCUT2D eigenvalue weighted by molar-refractivity contribution is 0.408. The molecule has 0 unspecified atom stereocenters. The van der Waals surface area contributed by atoms with Gasteiger partial charge in [0, 0.05) is 0 Å². The number of rotatable bonds is 1. The first kappa shape index (κ1) is 8.12. The third-order valence-corrected chi connectivity index (χ3v) is 1.81. The second-order valence-electron chi connectivity index (χ2n) is 2.93. The van der Waals surface area contributed by atoms with Crippen LogP contribution in [0.3, 0.4) is 0 Å². The van der Waals surface area contributed by atoms with Gasteiger partial charge in [0.25, 0.3) is 0 Å². The van der Waals surface area contributed by atoms with E-state index >= 15 is 0 Å². The lowest BCUT2D eigenvalue weighted by atomic mass is 10.1. The van der Waals surface area contributed by atoms with Gasteiger partial charge in [-0.15, -0.1) is 0 Å². The van der Waals surface area contributed by atoms with Crippen molar-refractivity contribution in [1.82, 2.24) is 0 Å². The van der Waals surface area contributed by atoms with Crippen molar-refractivity contribution in [3.8, 4) is 5.75 Å². The second kappa shape index (κ2) is 2.95. The Kier molecular flexibility index (Phi) is 2.18. The van der Waals surface area contributed by atoms with Gasteiger partial charge in [0.05, 0.1) is 7.11 Å². The average molecular weight is 150 g/mol. The van der Waals surface area contributed by atoms with E-state index < -0.39 is 0 Å². The van der Waals surface area contributed by atoms with E-state index in [1.54, 1.807) is 7.11 Å². The molecule has 0 fully saturated rings. The molecule has 0 atom stereocenters. The second-order valence-corrected chi connectivity index (χ2v) is 2.93. The predicted octanol–water partition coefficient (Wildman–Crippen LogP) is 2.62. The third kappa shape index (κ3) is 1.53. The van der Waals surface area contributed by atoms with Crippen LogP contribution in [0.15, 0.2) is 12.1 Å². The van der Waals surface area contributed by atoms with Crippen LogP contribution in [-0.4, -0.2) is 7.11 Å². The molecule has 0 saturated carbocycles. The normalized spacial score (nSPS) is 9.82. The number of hydrogen-bond acceptors (Lipinski definition) is 1. The molecule has 0 aromatic heterocycles. The molecule has 1 aromatic rings. The van der Waals surface area contributed by atoms with E-state index in [4.69, 9.17) is 4.74 Å². The molecule has 0 heterocycles. The minimum atomic E-state index is 1.01. The Labute approximate surface area is 68.0 Å². The molecule has 11 heavy (non-hydrogen) atoms. The molecule has 0 aliphatic carbocycles. The van der Waals surface area contributed by atoms with Gasteiger partial charge in [0.15, 0.2) is 0 Å². The molecule has 1 heteroatoms. The van der Waals surface area contributed by atoms with Crippen LogP contribution in [0.2, 0.25) is 0 Å². The van der Waals surface area contributed by atoms with Crippen LogP contribution in [0, 0.1) is 20.8 Å². The maximum absolute atomic E-state index is 5.23. The molecule has 60 valence electrons. The van der Waals surface area contributed by atoms with Crippen molar-refractivity contribution >= 4 is 0 Å². The molecule has 0 saturated heterocycles. The summed E-state index contributed by atoms with van der Waals surface area (Å²) in [5.74, 6) is 1.01. The number of aryl methyl sites for hydroxylation is 3. The Morgan fingerprint density at radius 3 is 1.82 bits per heavy atom. The van der Waals surface area contributed by atoms with E-state index in [2.05, 4.69) is 32.9 Å². The summed E-state index contributed by atoms with van der Waals surface area (Å²) in [6, 6.07) is 4.26. The highest BCUT2D eigenvalue weighted by Gasteiger charge is 2.01. The average Bonchev–Trinajstić information content (AvgIpc) is 1.85. The first-order chi connectivity index (χ1) is 5.15. The van der Waals surface area contributed by atoms with Gasteiger partial charge in [0.2, 0.25) is 0 Å². The highest BCUT2D eigenvalue weighted by molar-refractivity contribution is 5.42. The standard InChI is InChI=1S/C10H14O/c1-7-5-8(2)10(11-4)9(3)6-7/h5-6H,1-4H3. The van der Waals surface area contributed by atoms with Crippen molar-refractivity contribution in [2.45, 2.75) is 20.8 Å². The fraction of sp³-hybridized carbons (Fsp3) is 0.400. The quantitative estimate of drug-likeness (QED) is 0.598. The molecule has 0 radical (unpaired) electrons. The maximum Gasteiger partial charge on any atom is 0.124 e. The Morgan fingerprint density at radius 2 is 1.45 bits per heavy atom. The summed E-state index contributed by atoms with van der Waals surface area (Å²) in [6.45, 7) is 6.23. The first-order valence-electron chi connectivity index (χ1n) is 3.77. The highest BCUT2D eigenvalue weighted by atomic mass is 16.5. The SMILES string of the molecule is COc1c(C)cc(C)cc1C. The molecule has 0 spiro atoms. The summed E-state index contributed by atoms with van der Waals surface area (Å²) in [5, 5.41) is 0. The third-order valence-electron chi connectivity index (χ3n) is 1.81. The zero-order chi connectivity index (χ0) is 8.43. The number of hydrogen-bond donors (Lipinski definition) is 0. The van der Waals surface area contributed by atoms with Crippen LogP contribution in [0.5, 0.6) is 5.75 Å². The largest absolute Gasteiger partial charge is 0.496 e. The van der Waals surface area contributed by atoms with Gasteiger partial charge in [-0.1, -0.05) is 17.7 Å². The van der Waals surface area contributed by atoms with Gasteiger partial charge in [-0.25, -0.2) is 0 Å². The first-order valence-corrected chi connectivity index (χ1v) is 3.77. The summed E-state index contributed by atoms with van der Waals surface area (Å²) < 4.78 is 5.23. The zero-order valence-electron chi connectivity index (χ0n) is 7.56. The van der Waals surface area contributed by atoms with Crippen molar-refractivity contribution in [2.24, 2.45) is 0 Å². The van der Waals surface area contributed by atoms with Gasteiger partial charge in [-0.3, -0.25) is 0 Å². The van der Waals surface area contributed by atoms with Gasteiger partial charge < -0.3 is 4.74 Å². The molecule has 1 nitrogen and oxygen atoms in total. The smallest absolute Gasteiger partial charge is 0.124 e. The van der Waals surface area contributed by atoms with E-state index in [-0.39, 0.29) is 0 Å². The fourth-order valence-electron chi connectivity index (χ4n) is 1.49. The molecule has 0 amide bonds. The number of benzene rings is 1. The molecule has 0 N–H and O–H groups in total. The summed E-state index contributed by atoms with van der Waals surface area (Å²) in [5.41, 5.74) is 3.72. The van der Waals surface area contributed by atoms with Crippen molar-refractivity contribution in [1.29, 1.82) is 0 Å². The molecule has 1 rings (SSSR count). The topological polar surface area (TPSA) is 9.23 Å². The number of ether oxygens (including phenoxy) is 1. The summed E-state index contributed by atoms with van der Waals surface area (Å²) in [6.07, 6.45) is 0. The fourth-order valence-corrected chi connectivity index (χ4v) is 1.49. The van der Waals surface area contributed by atoms with Crippen LogP contribution in [0.1, 0.15) is 16.7 Å². The lowest BCUT2D eigenvalue weighted by Gasteiger charge is -2.08. The Morgan fingerprint density at radius 1 is 1.00 bits per heavy atom. The van der Waals surface area contributed by atoms with Crippen molar-refractivity contribution in [2.75, 3.05) is 7.11 Å². The molecule has 0 bridgehead atoms. The van der Waals surface area contributed by atoms with E-state index in [1.165, 1.54) is 16.7 Å². The molecule has 0 aliphatic rings. The van der Waals surface area contributed by atoms with Crippen LogP contribution in [0.25, 0.3) is 0 Å². The van der Waals surface area contributed by atoms with Crippen molar-refractivity contribution in [3.05, 3.63) is 28.8 Å². The lowest BCUT2D eigenvalue weighted by Crippen LogP contribution is -1.91. The Balaban J connectivity index is 3.25. The van der Waals surface area contributed by atoms with Gasteiger partial charge in [-0.2, -0.15) is 0 Å². The van der Waals surface area contributed by atoms with E-state index in [0.717, 1.165) is 5.75 Å². The van der Waals surface area contributed by atoms with Crippen molar-refractivity contribution < 1.29 is 4.74 Å². The molecular formula is C10H14O. The monoisotopic (exact) mass is 150 g/mol. The summed E-state index contributed by atoms with van der Waals surface area (Å²) in [7, 11) is 1.71. The Hall–Kier alpha value is -0.980. The molecule has 1 aromatic carbocycles. The highest BCUT2D eigenvalue weighted by Crippen LogP contribution is 2.23. The number of methoxy groups -OCH3 is 1. The van der Waals surface area contributed by atoms with Gasteiger partial charge in [-0.05, 0) is 31.9 Å². The van der Waals surface area contributed by atoms with E-state index in [9.17, 15) is 0 Å². The van der Waals surface area contributed by atoms with Gasteiger partial charge in [0.1, 0.15) is 5.75 Å². The Bertz CT molecular complexity index is 241.